The van der Waals surface area contributed by atoms with E-state index in [1.54, 1.807) is 24.3 Å². The van der Waals surface area contributed by atoms with Crippen LogP contribution in [0.4, 0.5) is 13.2 Å². The molecule has 0 bridgehead atoms. The van der Waals surface area contributed by atoms with E-state index >= 15 is 0 Å². The maximum absolute atomic E-state index is 12.9. The van der Waals surface area contributed by atoms with Crippen LogP contribution in [0.3, 0.4) is 0 Å². The first-order valence-electron chi connectivity index (χ1n) is 6.69. The van der Waals surface area contributed by atoms with E-state index in [4.69, 9.17) is 11.6 Å². The Labute approximate surface area is 126 Å². The summed E-state index contributed by atoms with van der Waals surface area (Å²) in [4.78, 5) is 12.9. The molecule has 6 heteroatoms. The minimum atomic E-state index is -4.38. The molecule has 1 fully saturated rings. The van der Waals surface area contributed by atoms with Crippen LogP contribution >= 0.6 is 11.6 Å². The summed E-state index contributed by atoms with van der Waals surface area (Å²) in [6, 6.07) is 5.16. The average molecular weight is 318 g/mol. The van der Waals surface area contributed by atoms with Crippen molar-refractivity contribution in [2.75, 3.05) is 6.54 Å². The van der Waals surface area contributed by atoms with Crippen molar-refractivity contribution in [1.29, 1.82) is 0 Å². The van der Waals surface area contributed by atoms with Gasteiger partial charge in [0.1, 0.15) is 6.04 Å². The van der Waals surface area contributed by atoms with Crippen LogP contribution in [0.15, 0.2) is 30.3 Å². The van der Waals surface area contributed by atoms with Crippen molar-refractivity contribution in [2.45, 2.75) is 31.5 Å². The predicted molar refractivity (Wildman–Crippen MR) is 75.9 cm³/mol. The zero-order chi connectivity index (χ0) is 15.5. The topological polar surface area (TPSA) is 20.3 Å². The first kappa shape index (κ1) is 15.9. The lowest BCUT2D eigenvalue weighted by molar-refractivity contribution is -0.193. The lowest BCUT2D eigenvalue weighted by Gasteiger charge is -2.36. The number of alkyl halides is 3. The first-order chi connectivity index (χ1) is 9.89. The Hall–Kier alpha value is -1.49. The van der Waals surface area contributed by atoms with Gasteiger partial charge in [0, 0.05) is 17.6 Å². The predicted octanol–water partition coefficient (Wildman–Crippen LogP) is 4.30. The van der Waals surface area contributed by atoms with Crippen molar-refractivity contribution < 1.29 is 18.0 Å². The van der Waals surface area contributed by atoms with Gasteiger partial charge in [-0.3, -0.25) is 4.79 Å². The van der Waals surface area contributed by atoms with E-state index in [0.717, 1.165) is 11.0 Å². The fraction of sp³-hybridized carbons (Fsp3) is 0.400. The highest BCUT2D eigenvalue weighted by Crippen LogP contribution is 2.32. The molecule has 1 heterocycles. The largest absolute Gasteiger partial charge is 0.408 e. The number of hydrogen-bond donors (Lipinski definition) is 0. The second-order valence-corrected chi connectivity index (χ2v) is 5.35. The van der Waals surface area contributed by atoms with Gasteiger partial charge in [-0.25, -0.2) is 0 Å². The zero-order valence-corrected chi connectivity index (χ0v) is 12.0. The Bertz CT molecular complexity index is 542. The van der Waals surface area contributed by atoms with E-state index in [0.29, 0.717) is 23.4 Å². The van der Waals surface area contributed by atoms with E-state index in [1.165, 1.54) is 6.08 Å². The summed E-state index contributed by atoms with van der Waals surface area (Å²) < 4.78 is 38.8. The van der Waals surface area contributed by atoms with E-state index in [1.807, 2.05) is 0 Å². The molecule has 1 aliphatic heterocycles. The summed E-state index contributed by atoms with van der Waals surface area (Å²) in [7, 11) is 0. The van der Waals surface area contributed by atoms with Crippen LogP contribution in [0.25, 0.3) is 6.08 Å². The SMILES string of the molecule is O=C(C=Cc1ccccc1Cl)N1CCCCC1C(F)(F)F. The molecule has 114 valence electrons. The van der Waals surface area contributed by atoms with Gasteiger partial charge in [0.15, 0.2) is 0 Å². The molecular formula is C15H15ClF3NO. The Morgan fingerprint density at radius 2 is 2.00 bits per heavy atom. The first-order valence-corrected chi connectivity index (χ1v) is 7.07. The van der Waals surface area contributed by atoms with E-state index in [2.05, 4.69) is 0 Å². The standard InChI is InChI=1S/C15H15ClF3NO/c16-12-6-2-1-5-11(12)8-9-14(21)20-10-4-3-7-13(20)15(17,18)19/h1-2,5-6,8-9,13H,3-4,7,10H2. The number of hydrogen-bond acceptors (Lipinski definition) is 1. The van der Waals surface area contributed by atoms with Crippen molar-refractivity contribution in [3.63, 3.8) is 0 Å². The number of nitrogens with zero attached hydrogens (tertiary/aromatic N) is 1. The number of halogens is 4. The van der Waals surface area contributed by atoms with Gasteiger partial charge < -0.3 is 4.90 Å². The molecule has 1 amide bonds. The summed E-state index contributed by atoms with van der Waals surface area (Å²) in [6.45, 7) is 0.135. The van der Waals surface area contributed by atoms with Crippen LogP contribution in [-0.2, 0) is 4.79 Å². The maximum Gasteiger partial charge on any atom is 0.408 e. The van der Waals surface area contributed by atoms with Crippen molar-refractivity contribution >= 4 is 23.6 Å². The fourth-order valence-electron chi connectivity index (χ4n) is 2.40. The molecule has 0 aromatic heterocycles. The van der Waals surface area contributed by atoms with Crippen molar-refractivity contribution in [1.82, 2.24) is 4.90 Å². The molecule has 1 aliphatic rings. The maximum atomic E-state index is 12.9. The minimum absolute atomic E-state index is 0.0326. The Morgan fingerprint density at radius 3 is 2.67 bits per heavy atom. The molecule has 21 heavy (non-hydrogen) atoms. The highest BCUT2D eigenvalue weighted by molar-refractivity contribution is 6.32. The molecule has 1 aromatic carbocycles. The molecule has 1 atom stereocenters. The number of likely N-dealkylation sites (tertiary alicyclic amines) is 1. The molecule has 2 rings (SSSR count). The number of benzene rings is 1. The van der Waals surface area contributed by atoms with Crippen molar-refractivity contribution in [3.8, 4) is 0 Å². The van der Waals surface area contributed by atoms with Crippen LogP contribution in [-0.4, -0.2) is 29.6 Å². The van der Waals surface area contributed by atoms with E-state index < -0.39 is 18.1 Å². The number of carbonyl (C=O) groups is 1. The minimum Gasteiger partial charge on any atom is -0.327 e. The van der Waals surface area contributed by atoms with Gasteiger partial charge in [0.2, 0.25) is 5.91 Å². The second kappa shape index (κ2) is 6.52. The van der Waals surface area contributed by atoms with Gasteiger partial charge in [-0.15, -0.1) is 0 Å². The number of piperidine rings is 1. The van der Waals surface area contributed by atoms with Crippen LogP contribution in [0.1, 0.15) is 24.8 Å². The molecule has 0 spiro atoms. The van der Waals surface area contributed by atoms with E-state index in [9.17, 15) is 18.0 Å². The van der Waals surface area contributed by atoms with Gasteiger partial charge >= 0.3 is 6.18 Å². The molecule has 0 N–H and O–H groups in total. The smallest absolute Gasteiger partial charge is 0.327 e. The summed E-state index contributed by atoms with van der Waals surface area (Å²) in [5.74, 6) is -0.628. The van der Waals surface area contributed by atoms with Gasteiger partial charge in [0.05, 0.1) is 0 Å². The third-order valence-electron chi connectivity index (χ3n) is 3.47. The molecule has 0 aliphatic carbocycles. The number of carbonyl (C=O) groups excluding carboxylic acids is 1. The highest BCUT2D eigenvalue weighted by atomic mass is 35.5. The second-order valence-electron chi connectivity index (χ2n) is 4.94. The molecule has 1 saturated heterocycles. The number of amides is 1. The van der Waals surface area contributed by atoms with E-state index in [-0.39, 0.29) is 13.0 Å². The van der Waals surface area contributed by atoms with Crippen LogP contribution in [0.5, 0.6) is 0 Å². The van der Waals surface area contributed by atoms with Crippen LogP contribution < -0.4 is 0 Å². The summed E-state index contributed by atoms with van der Waals surface area (Å²) in [6.07, 6.45) is -0.720. The quantitative estimate of drug-likeness (QED) is 0.745. The lowest BCUT2D eigenvalue weighted by atomic mass is 10.0. The van der Waals surface area contributed by atoms with Gasteiger partial charge in [-0.05, 0) is 37.0 Å². The Morgan fingerprint density at radius 1 is 1.29 bits per heavy atom. The molecule has 1 unspecified atom stereocenters. The third-order valence-corrected chi connectivity index (χ3v) is 3.82. The summed E-state index contributed by atoms with van der Waals surface area (Å²) in [5, 5.41) is 0.451. The van der Waals surface area contributed by atoms with Gasteiger partial charge in [-0.1, -0.05) is 29.8 Å². The van der Waals surface area contributed by atoms with Crippen LogP contribution in [0.2, 0.25) is 5.02 Å². The zero-order valence-electron chi connectivity index (χ0n) is 11.2. The van der Waals surface area contributed by atoms with Crippen molar-refractivity contribution in [2.24, 2.45) is 0 Å². The highest BCUT2D eigenvalue weighted by Gasteiger charge is 2.45. The van der Waals surface area contributed by atoms with Gasteiger partial charge in [-0.2, -0.15) is 13.2 Å². The summed E-state index contributed by atoms with van der Waals surface area (Å²) >= 11 is 5.94. The lowest BCUT2D eigenvalue weighted by Crippen LogP contribution is -2.50. The molecule has 0 radical (unpaired) electrons. The third kappa shape index (κ3) is 4.00. The molecular weight excluding hydrogens is 303 g/mol. The fourth-order valence-corrected chi connectivity index (χ4v) is 2.60. The van der Waals surface area contributed by atoms with Crippen LogP contribution in [0, 0.1) is 0 Å². The normalized spacial score (nSPS) is 20.0. The number of rotatable bonds is 2. The van der Waals surface area contributed by atoms with Gasteiger partial charge in [0.25, 0.3) is 0 Å². The van der Waals surface area contributed by atoms with Crippen molar-refractivity contribution in [3.05, 3.63) is 40.9 Å². The summed E-state index contributed by atoms with van der Waals surface area (Å²) in [5.41, 5.74) is 0.605. The average Bonchev–Trinajstić information content (AvgIpc) is 2.45. The molecule has 1 aromatic rings. The monoisotopic (exact) mass is 317 g/mol. The molecule has 2 nitrogen and oxygen atoms in total. The Balaban J connectivity index is 2.13. The Kier molecular flexibility index (Phi) is 4.93. The molecule has 0 saturated carbocycles.